The molecule has 0 aromatic heterocycles. The third kappa shape index (κ3) is 3.84. The van der Waals surface area contributed by atoms with Crippen LogP contribution in [0.2, 0.25) is 0 Å². The second-order valence-corrected chi connectivity index (χ2v) is 5.88. The van der Waals surface area contributed by atoms with Crippen molar-refractivity contribution in [3.05, 3.63) is 61.1 Å². The van der Waals surface area contributed by atoms with Crippen molar-refractivity contribution in [1.82, 2.24) is 0 Å². The quantitative estimate of drug-likeness (QED) is 0.552. The summed E-state index contributed by atoms with van der Waals surface area (Å²) in [5.41, 5.74) is 1.14. The summed E-state index contributed by atoms with van der Waals surface area (Å²) in [7, 11) is 0. The molecule has 0 bridgehead atoms. The Morgan fingerprint density at radius 1 is 0.957 bits per heavy atom. The third-order valence-corrected chi connectivity index (χ3v) is 3.65. The highest BCUT2D eigenvalue weighted by atomic mass is 79.9. The molecule has 23 heavy (non-hydrogen) atoms. The predicted octanol–water partition coefficient (Wildman–Crippen LogP) is 4.72. The Bertz CT molecular complexity index is 776. The highest BCUT2D eigenvalue weighted by molar-refractivity contribution is 9.10. The highest BCUT2D eigenvalue weighted by Crippen LogP contribution is 2.39. The van der Waals surface area contributed by atoms with Crippen LogP contribution < -0.4 is 4.74 Å². The average molecular weight is 381 g/mol. The summed E-state index contributed by atoms with van der Waals surface area (Å²) in [4.78, 5) is 20.8. The minimum absolute atomic E-state index is 0.0473. The van der Waals surface area contributed by atoms with Crippen LogP contribution >= 0.6 is 15.9 Å². The second kappa shape index (κ2) is 6.74. The molecule has 2 aromatic carbocycles. The first kappa shape index (κ1) is 16.9. The first-order valence-corrected chi connectivity index (χ1v) is 7.48. The maximum atomic E-state index is 10.9. The van der Waals surface area contributed by atoms with E-state index in [0.717, 1.165) is 0 Å². The fourth-order valence-corrected chi connectivity index (χ4v) is 2.61. The Balaban J connectivity index is 2.57. The summed E-state index contributed by atoms with van der Waals surface area (Å²) in [6.07, 6.45) is -0.174. The number of halogens is 1. The minimum Gasteiger partial charge on any atom is -0.490 e. The lowest BCUT2D eigenvalue weighted by molar-refractivity contribution is -0.385. The molecule has 0 saturated heterocycles. The number of nitrogens with zero attached hydrogens (tertiary/aromatic N) is 2. The van der Waals surface area contributed by atoms with Crippen molar-refractivity contribution in [2.24, 2.45) is 0 Å². The number of non-ortho nitro benzene ring substituents is 2. The molecule has 0 aliphatic heterocycles. The molecule has 0 spiro atoms. The Hall–Kier alpha value is -2.48. The summed E-state index contributed by atoms with van der Waals surface area (Å²) in [6, 6.07) is 8.63. The first-order valence-electron chi connectivity index (χ1n) is 6.69. The van der Waals surface area contributed by atoms with E-state index in [2.05, 4.69) is 15.9 Å². The van der Waals surface area contributed by atoms with Gasteiger partial charge in [-0.15, -0.1) is 0 Å². The molecule has 2 aromatic rings. The number of nitro groups is 2. The van der Waals surface area contributed by atoms with Crippen molar-refractivity contribution in [1.29, 1.82) is 0 Å². The lowest BCUT2D eigenvalue weighted by atomic mass is 10.0. The van der Waals surface area contributed by atoms with Gasteiger partial charge in [-0.05, 0) is 41.9 Å². The molecule has 0 unspecified atom stereocenters. The van der Waals surface area contributed by atoms with Crippen LogP contribution in [0.1, 0.15) is 13.8 Å². The van der Waals surface area contributed by atoms with Gasteiger partial charge in [-0.1, -0.05) is 0 Å². The van der Waals surface area contributed by atoms with Gasteiger partial charge in [0.1, 0.15) is 5.75 Å². The van der Waals surface area contributed by atoms with Gasteiger partial charge in [0.15, 0.2) is 0 Å². The number of benzene rings is 2. The van der Waals surface area contributed by atoms with Gasteiger partial charge >= 0.3 is 0 Å². The fraction of sp³-hybridized carbons (Fsp3) is 0.200. The molecule has 2 rings (SSSR count). The van der Waals surface area contributed by atoms with Crippen molar-refractivity contribution < 1.29 is 14.6 Å². The maximum Gasteiger partial charge on any atom is 0.273 e. The van der Waals surface area contributed by atoms with E-state index in [-0.39, 0.29) is 17.5 Å². The molecule has 7 nitrogen and oxygen atoms in total. The first-order chi connectivity index (χ1) is 10.8. The van der Waals surface area contributed by atoms with E-state index in [1.807, 2.05) is 13.8 Å². The number of rotatable bonds is 5. The zero-order chi connectivity index (χ0) is 17.1. The molecule has 0 heterocycles. The van der Waals surface area contributed by atoms with Gasteiger partial charge < -0.3 is 4.74 Å². The standard InChI is InChI=1S/C15H13BrN2O5/c1-9(2)23-15-8-11(18(21)22)4-6-13(15)12-5-3-10(17(19)20)7-14(12)16/h3-9H,1-2H3. The number of nitro benzene ring substituents is 2. The number of hydrogen-bond acceptors (Lipinski definition) is 5. The molecule has 0 aliphatic rings. The van der Waals surface area contributed by atoms with Crippen molar-refractivity contribution in [3.8, 4) is 16.9 Å². The summed E-state index contributed by atoms with van der Waals surface area (Å²) >= 11 is 3.31. The lowest BCUT2D eigenvalue weighted by Crippen LogP contribution is -2.07. The predicted molar refractivity (Wildman–Crippen MR) is 88.7 cm³/mol. The van der Waals surface area contributed by atoms with Crippen molar-refractivity contribution in [3.63, 3.8) is 0 Å². The van der Waals surface area contributed by atoms with Gasteiger partial charge in [0, 0.05) is 33.8 Å². The lowest BCUT2D eigenvalue weighted by Gasteiger charge is -2.15. The van der Waals surface area contributed by atoms with E-state index in [4.69, 9.17) is 4.74 Å². The summed E-state index contributed by atoms with van der Waals surface area (Å²) < 4.78 is 6.17. The monoisotopic (exact) mass is 380 g/mol. The zero-order valence-corrected chi connectivity index (χ0v) is 13.9. The zero-order valence-electron chi connectivity index (χ0n) is 12.4. The molecule has 0 N–H and O–H groups in total. The molecular weight excluding hydrogens is 368 g/mol. The molecule has 0 aliphatic carbocycles. The second-order valence-electron chi connectivity index (χ2n) is 5.03. The van der Waals surface area contributed by atoms with E-state index < -0.39 is 9.85 Å². The van der Waals surface area contributed by atoms with Crippen LogP contribution in [0.5, 0.6) is 5.75 Å². The molecule has 8 heteroatoms. The van der Waals surface area contributed by atoms with Gasteiger partial charge in [0.05, 0.1) is 22.0 Å². The molecule has 120 valence electrons. The Morgan fingerprint density at radius 3 is 1.96 bits per heavy atom. The van der Waals surface area contributed by atoms with Crippen LogP contribution in [0.3, 0.4) is 0 Å². The van der Waals surface area contributed by atoms with Crippen molar-refractivity contribution in [2.75, 3.05) is 0 Å². The van der Waals surface area contributed by atoms with Crippen LogP contribution in [-0.2, 0) is 0 Å². The SMILES string of the molecule is CC(C)Oc1cc([N+](=O)[O-])ccc1-c1ccc([N+](=O)[O-])cc1Br. The Morgan fingerprint density at radius 2 is 1.48 bits per heavy atom. The highest BCUT2D eigenvalue weighted by Gasteiger charge is 2.18. The van der Waals surface area contributed by atoms with E-state index in [9.17, 15) is 20.2 Å². The van der Waals surface area contributed by atoms with Crippen molar-refractivity contribution >= 4 is 27.3 Å². The van der Waals surface area contributed by atoms with Gasteiger partial charge in [0.2, 0.25) is 0 Å². The summed E-state index contributed by atoms with van der Waals surface area (Å²) in [5, 5.41) is 21.8. The third-order valence-electron chi connectivity index (χ3n) is 2.99. The number of ether oxygens (including phenoxy) is 1. The van der Waals surface area contributed by atoms with Crippen LogP contribution in [-0.4, -0.2) is 16.0 Å². The Labute approximate surface area is 140 Å². The largest absolute Gasteiger partial charge is 0.490 e. The molecule has 0 atom stereocenters. The fourth-order valence-electron chi connectivity index (χ4n) is 2.03. The van der Waals surface area contributed by atoms with E-state index in [1.165, 1.54) is 24.3 Å². The topological polar surface area (TPSA) is 95.5 Å². The smallest absolute Gasteiger partial charge is 0.273 e. The van der Waals surface area contributed by atoms with Gasteiger partial charge in [-0.25, -0.2) is 0 Å². The van der Waals surface area contributed by atoms with Crippen LogP contribution in [0.15, 0.2) is 40.9 Å². The number of hydrogen-bond donors (Lipinski definition) is 0. The van der Waals surface area contributed by atoms with Gasteiger partial charge in [0.25, 0.3) is 11.4 Å². The van der Waals surface area contributed by atoms with Crippen LogP contribution in [0.4, 0.5) is 11.4 Å². The van der Waals surface area contributed by atoms with Crippen LogP contribution in [0.25, 0.3) is 11.1 Å². The summed E-state index contributed by atoms with van der Waals surface area (Å²) in [5.74, 6) is 0.351. The molecule has 0 saturated carbocycles. The molecular formula is C15H13BrN2O5. The van der Waals surface area contributed by atoms with Crippen LogP contribution in [0, 0.1) is 20.2 Å². The van der Waals surface area contributed by atoms with Gasteiger partial charge in [-0.2, -0.15) is 0 Å². The van der Waals surface area contributed by atoms with Crippen molar-refractivity contribution in [2.45, 2.75) is 20.0 Å². The molecule has 0 radical (unpaired) electrons. The summed E-state index contributed by atoms with van der Waals surface area (Å²) in [6.45, 7) is 3.63. The normalized spacial score (nSPS) is 10.6. The maximum absolute atomic E-state index is 10.9. The van der Waals surface area contributed by atoms with Gasteiger partial charge in [-0.3, -0.25) is 20.2 Å². The molecule has 0 amide bonds. The molecule has 0 fully saturated rings. The Kier molecular flexibility index (Phi) is 4.95. The average Bonchev–Trinajstić information content (AvgIpc) is 2.46. The minimum atomic E-state index is -0.498. The van der Waals surface area contributed by atoms with E-state index in [0.29, 0.717) is 21.3 Å². The van der Waals surface area contributed by atoms with E-state index in [1.54, 1.807) is 12.1 Å². The van der Waals surface area contributed by atoms with E-state index >= 15 is 0 Å².